The molecule has 94 valence electrons. The fourth-order valence-electron chi connectivity index (χ4n) is 2.52. The highest BCUT2D eigenvalue weighted by molar-refractivity contribution is 6.32. The van der Waals surface area contributed by atoms with Gasteiger partial charge in [-0.3, -0.25) is 4.79 Å². The molecule has 0 aromatic carbocycles. The van der Waals surface area contributed by atoms with Gasteiger partial charge in [0.05, 0.1) is 5.69 Å². The average molecular weight is 275 g/mol. The van der Waals surface area contributed by atoms with Gasteiger partial charge in [0, 0.05) is 6.04 Å². The molecule has 3 nitrogen and oxygen atoms in total. The number of aromatic nitrogens is 2. The van der Waals surface area contributed by atoms with Crippen LogP contribution >= 0.6 is 23.2 Å². The second kappa shape index (κ2) is 4.99. The summed E-state index contributed by atoms with van der Waals surface area (Å²) in [6.45, 7) is 3.92. The molecule has 1 fully saturated rings. The van der Waals surface area contributed by atoms with Crippen LogP contribution in [0.5, 0.6) is 0 Å². The van der Waals surface area contributed by atoms with Gasteiger partial charge in [-0.25, -0.2) is 4.98 Å². The fourth-order valence-corrected chi connectivity index (χ4v) is 2.91. The van der Waals surface area contributed by atoms with E-state index in [4.69, 9.17) is 23.2 Å². The molecule has 1 aliphatic carbocycles. The van der Waals surface area contributed by atoms with E-state index in [1.165, 1.54) is 19.3 Å². The minimum Gasteiger partial charge on any atom is -0.304 e. The summed E-state index contributed by atoms with van der Waals surface area (Å²) in [5.74, 6) is 0.575. The second-order valence-corrected chi connectivity index (χ2v) is 5.34. The van der Waals surface area contributed by atoms with Gasteiger partial charge in [0.1, 0.15) is 5.15 Å². The largest absolute Gasteiger partial charge is 0.304 e. The zero-order valence-electron chi connectivity index (χ0n) is 10.0. The molecule has 0 aliphatic heterocycles. The molecule has 1 aromatic heterocycles. The Kier molecular flexibility index (Phi) is 3.79. The maximum Gasteiger partial charge on any atom is 0.288 e. The Bertz CT molecular complexity index is 480. The molecule has 1 aromatic rings. The zero-order valence-corrected chi connectivity index (χ0v) is 11.6. The highest BCUT2D eigenvalue weighted by Gasteiger charge is 2.29. The van der Waals surface area contributed by atoms with Gasteiger partial charge in [-0.1, -0.05) is 36.5 Å². The molecule has 0 N–H and O–H groups in total. The maximum atomic E-state index is 12.1. The van der Waals surface area contributed by atoms with E-state index in [0.717, 1.165) is 12.1 Å². The highest BCUT2D eigenvalue weighted by atomic mass is 35.5. The van der Waals surface area contributed by atoms with Crippen molar-refractivity contribution in [2.45, 2.75) is 45.6 Å². The third kappa shape index (κ3) is 2.23. The molecule has 17 heavy (non-hydrogen) atoms. The predicted octanol–water partition coefficient (Wildman–Crippen LogP) is 3.61. The molecule has 1 unspecified atom stereocenters. The molecule has 1 aliphatic rings. The van der Waals surface area contributed by atoms with Crippen LogP contribution in [0.2, 0.25) is 10.3 Å². The van der Waals surface area contributed by atoms with Crippen molar-refractivity contribution in [1.82, 2.24) is 9.55 Å². The van der Waals surface area contributed by atoms with Gasteiger partial charge in [-0.15, -0.1) is 0 Å². The van der Waals surface area contributed by atoms with Crippen LogP contribution in [0, 0.1) is 12.8 Å². The third-order valence-electron chi connectivity index (χ3n) is 3.70. The van der Waals surface area contributed by atoms with Gasteiger partial charge >= 0.3 is 0 Å². The first kappa shape index (κ1) is 12.9. The minimum atomic E-state index is -0.215. The minimum absolute atomic E-state index is 0.0293. The summed E-state index contributed by atoms with van der Waals surface area (Å²) in [7, 11) is 0. The summed E-state index contributed by atoms with van der Waals surface area (Å²) in [4.78, 5) is 15.9. The summed E-state index contributed by atoms with van der Waals surface area (Å²) < 4.78 is 1.74. The Morgan fingerprint density at radius 1 is 1.41 bits per heavy atom. The van der Waals surface area contributed by atoms with Gasteiger partial charge in [0.25, 0.3) is 5.56 Å². The Balaban J connectivity index is 2.52. The standard InChI is InChI=1S/C12H16Cl2N2O/c1-3-9(8-5-4-6-8)16-7(2)10(13)15-11(14)12(16)17/h8-9H,3-6H2,1-2H3. The van der Waals surface area contributed by atoms with Crippen molar-refractivity contribution in [2.24, 2.45) is 5.92 Å². The number of halogens is 2. The van der Waals surface area contributed by atoms with Gasteiger partial charge in [-0.05, 0) is 32.1 Å². The van der Waals surface area contributed by atoms with Crippen LogP contribution in [0.3, 0.4) is 0 Å². The van der Waals surface area contributed by atoms with Crippen molar-refractivity contribution < 1.29 is 0 Å². The Morgan fingerprint density at radius 3 is 2.53 bits per heavy atom. The van der Waals surface area contributed by atoms with Crippen molar-refractivity contribution >= 4 is 23.2 Å². The van der Waals surface area contributed by atoms with Crippen molar-refractivity contribution in [2.75, 3.05) is 0 Å². The Labute approximate surface area is 111 Å². The summed E-state index contributed by atoms with van der Waals surface area (Å²) in [5, 5.41) is 0.297. The fraction of sp³-hybridized carbons (Fsp3) is 0.667. The molecule has 0 bridgehead atoms. The molecule has 0 radical (unpaired) electrons. The van der Waals surface area contributed by atoms with Crippen LogP contribution in [0.25, 0.3) is 0 Å². The van der Waals surface area contributed by atoms with Crippen LogP contribution in [0.1, 0.15) is 44.3 Å². The van der Waals surface area contributed by atoms with Crippen molar-refractivity contribution in [3.05, 3.63) is 26.4 Å². The Morgan fingerprint density at radius 2 is 2.06 bits per heavy atom. The van der Waals surface area contributed by atoms with E-state index < -0.39 is 0 Å². The van der Waals surface area contributed by atoms with Crippen LogP contribution in [-0.2, 0) is 0 Å². The monoisotopic (exact) mass is 274 g/mol. The topological polar surface area (TPSA) is 34.9 Å². The lowest BCUT2D eigenvalue weighted by atomic mass is 9.78. The van der Waals surface area contributed by atoms with E-state index in [1.54, 1.807) is 4.57 Å². The first-order chi connectivity index (χ1) is 8.06. The van der Waals surface area contributed by atoms with Crippen molar-refractivity contribution in [3.8, 4) is 0 Å². The van der Waals surface area contributed by atoms with Gasteiger partial charge < -0.3 is 4.57 Å². The van der Waals surface area contributed by atoms with Gasteiger partial charge in [0.2, 0.25) is 0 Å². The van der Waals surface area contributed by atoms with Crippen LogP contribution in [0.15, 0.2) is 4.79 Å². The molecule has 1 heterocycles. The average Bonchev–Trinajstić information content (AvgIpc) is 2.22. The number of hydrogen-bond acceptors (Lipinski definition) is 2. The lowest BCUT2D eigenvalue weighted by Crippen LogP contribution is -2.34. The molecule has 0 saturated heterocycles. The lowest BCUT2D eigenvalue weighted by molar-refractivity contribution is 0.197. The number of nitrogens with zero attached hydrogens (tertiary/aromatic N) is 2. The summed E-state index contributed by atoms with van der Waals surface area (Å²) in [5.41, 5.74) is 0.507. The van der Waals surface area contributed by atoms with E-state index in [-0.39, 0.29) is 16.8 Å². The highest BCUT2D eigenvalue weighted by Crippen LogP contribution is 2.38. The molecular weight excluding hydrogens is 259 g/mol. The van der Waals surface area contributed by atoms with Crippen molar-refractivity contribution in [3.63, 3.8) is 0 Å². The van der Waals surface area contributed by atoms with Gasteiger partial charge in [-0.2, -0.15) is 0 Å². The quantitative estimate of drug-likeness (QED) is 0.844. The first-order valence-corrected chi connectivity index (χ1v) is 6.76. The van der Waals surface area contributed by atoms with E-state index >= 15 is 0 Å². The summed E-state index contributed by atoms with van der Waals surface area (Å²) in [6, 6.07) is 0.203. The van der Waals surface area contributed by atoms with E-state index in [1.807, 2.05) is 6.92 Å². The third-order valence-corrected chi connectivity index (χ3v) is 4.30. The van der Waals surface area contributed by atoms with Crippen molar-refractivity contribution in [1.29, 1.82) is 0 Å². The number of rotatable bonds is 3. The molecule has 1 atom stereocenters. The van der Waals surface area contributed by atoms with E-state index in [9.17, 15) is 4.79 Å². The SMILES string of the molecule is CCC(C1CCC1)n1c(C)c(Cl)nc(Cl)c1=O. The molecule has 5 heteroatoms. The molecule has 0 amide bonds. The summed E-state index contributed by atoms with van der Waals surface area (Å²) in [6.07, 6.45) is 4.54. The predicted molar refractivity (Wildman–Crippen MR) is 69.9 cm³/mol. The lowest BCUT2D eigenvalue weighted by Gasteiger charge is -2.35. The Hall–Kier alpha value is -0.540. The molecular formula is C12H16Cl2N2O. The molecule has 2 rings (SSSR count). The second-order valence-electron chi connectivity index (χ2n) is 4.62. The summed E-state index contributed by atoms with van der Waals surface area (Å²) >= 11 is 11.8. The van der Waals surface area contributed by atoms with Gasteiger partial charge in [0.15, 0.2) is 5.15 Å². The smallest absolute Gasteiger partial charge is 0.288 e. The molecule has 0 spiro atoms. The maximum absolute atomic E-state index is 12.1. The van der Waals surface area contributed by atoms with Crippen LogP contribution in [-0.4, -0.2) is 9.55 Å². The molecule has 1 saturated carbocycles. The normalized spacial score (nSPS) is 17.9. The van der Waals surface area contributed by atoms with Crippen LogP contribution < -0.4 is 5.56 Å². The first-order valence-electron chi connectivity index (χ1n) is 6.00. The van der Waals surface area contributed by atoms with E-state index in [0.29, 0.717) is 11.1 Å². The van der Waals surface area contributed by atoms with E-state index in [2.05, 4.69) is 11.9 Å². The zero-order chi connectivity index (χ0) is 12.6. The van der Waals surface area contributed by atoms with Crippen LogP contribution in [0.4, 0.5) is 0 Å². The number of hydrogen-bond donors (Lipinski definition) is 0.